The molecule has 0 radical (unpaired) electrons. The van der Waals surface area contributed by atoms with Crippen LogP contribution >= 0.6 is 27.3 Å². The summed E-state index contributed by atoms with van der Waals surface area (Å²) in [6, 6.07) is 2.59. The van der Waals surface area contributed by atoms with E-state index >= 15 is 0 Å². The number of nitrogens with zero attached hydrogens (tertiary/aromatic N) is 1. The number of halogens is 1. The zero-order valence-electron chi connectivity index (χ0n) is 9.16. The van der Waals surface area contributed by atoms with E-state index in [1.807, 2.05) is 11.3 Å². The smallest absolute Gasteiger partial charge is 0.0329 e. The first kappa shape index (κ1) is 11.6. The summed E-state index contributed by atoms with van der Waals surface area (Å²) >= 11 is 5.43. The predicted molar refractivity (Wildman–Crippen MR) is 69.2 cm³/mol. The largest absolute Gasteiger partial charge is 0.326 e. The fourth-order valence-electron chi connectivity index (χ4n) is 2.04. The van der Waals surface area contributed by atoms with E-state index in [1.54, 1.807) is 0 Å². The Balaban J connectivity index is 1.98. The van der Waals surface area contributed by atoms with Crippen LogP contribution in [0.5, 0.6) is 0 Å². The van der Waals surface area contributed by atoms with Gasteiger partial charge in [0.05, 0.1) is 0 Å². The van der Waals surface area contributed by atoms with Crippen molar-refractivity contribution in [3.05, 3.63) is 20.3 Å². The minimum Gasteiger partial charge on any atom is -0.326 e. The van der Waals surface area contributed by atoms with Gasteiger partial charge in [-0.1, -0.05) is 6.92 Å². The Kier molecular flexibility index (Phi) is 3.50. The fraction of sp³-hybridized carbons (Fsp3) is 0.636. The van der Waals surface area contributed by atoms with Crippen LogP contribution in [0.1, 0.15) is 16.7 Å². The summed E-state index contributed by atoms with van der Waals surface area (Å²) in [7, 11) is 0. The summed E-state index contributed by atoms with van der Waals surface area (Å²) in [6.45, 7) is 7.61. The average Bonchev–Trinajstić information content (AvgIpc) is 2.59. The van der Waals surface area contributed by atoms with Crippen LogP contribution in [0.4, 0.5) is 0 Å². The molecule has 1 aromatic heterocycles. The molecule has 0 aliphatic carbocycles. The molecule has 2 rings (SSSR count). The molecule has 2 atom stereocenters. The normalized spacial score (nSPS) is 27.5. The Bertz CT molecular complexity index is 321. The summed E-state index contributed by atoms with van der Waals surface area (Å²) in [6.07, 6.45) is 0. The van der Waals surface area contributed by atoms with Crippen molar-refractivity contribution in [3.8, 4) is 0 Å². The molecular formula is C11H17BrN2S. The molecule has 84 valence electrons. The lowest BCUT2D eigenvalue weighted by atomic mass is 10.1. The second kappa shape index (κ2) is 4.53. The minimum absolute atomic E-state index is 0.356. The summed E-state index contributed by atoms with van der Waals surface area (Å²) in [5.41, 5.74) is 6.01. The van der Waals surface area contributed by atoms with Crippen molar-refractivity contribution in [1.29, 1.82) is 0 Å². The van der Waals surface area contributed by atoms with Gasteiger partial charge in [0.15, 0.2) is 0 Å². The molecular weight excluding hydrogens is 272 g/mol. The number of rotatable bonds is 2. The summed E-state index contributed by atoms with van der Waals surface area (Å²) in [4.78, 5) is 5.25. The van der Waals surface area contributed by atoms with E-state index in [-0.39, 0.29) is 0 Å². The SMILES string of the molecule is Cc1sc(CN2CC(C)C(N)C2)cc1Br. The van der Waals surface area contributed by atoms with Gasteiger partial charge in [0.2, 0.25) is 0 Å². The third kappa shape index (κ3) is 2.61. The van der Waals surface area contributed by atoms with Crippen molar-refractivity contribution in [1.82, 2.24) is 4.90 Å². The molecule has 15 heavy (non-hydrogen) atoms. The lowest BCUT2D eigenvalue weighted by molar-refractivity contribution is 0.322. The second-order valence-corrected chi connectivity index (χ2v) is 6.65. The molecule has 0 spiro atoms. The van der Waals surface area contributed by atoms with Crippen LogP contribution in [0.25, 0.3) is 0 Å². The van der Waals surface area contributed by atoms with Gasteiger partial charge in [-0.3, -0.25) is 4.90 Å². The average molecular weight is 289 g/mol. The monoisotopic (exact) mass is 288 g/mol. The van der Waals surface area contributed by atoms with E-state index in [4.69, 9.17) is 5.73 Å². The highest BCUT2D eigenvalue weighted by Gasteiger charge is 2.26. The van der Waals surface area contributed by atoms with Crippen molar-refractivity contribution in [2.45, 2.75) is 26.4 Å². The third-order valence-corrected chi connectivity index (χ3v) is 5.16. The second-order valence-electron chi connectivity index (χ2n) is 4.45. The van der Waals surface area contributed by atoms with E-state index in [1.165, 1.54) is 14.2 Å². The number of thiophene rings is 1. The first-order chi connectivity index (χ1) is 7.06. The van der Waals surface area contributed by atoms with Gasteiger partial charge in [-0.2, -0.15) is 0 Å². The molecule has 4 heteroatoms. The predicted octanol–water partition coefficient (Wildman–Crippen LogP) is 2.60. The Morgan fingerprint density at radius 3 is 2.80 bits per heavy atom. The Labute approximate surface area is 104 Å². The molecule has 1 aliphatic rings. The highest BCUT2D eigenvalue weighted by Crippen LogP contribution is 2.28. The van der Waals surface area contributed by atoms with Gasteiger partial charge in [-0.15, -0.1) is 11.3 Å². The molecule has 0 aromatic carbocycles. The van der Waals surface area contributed by atoms with Gasteiger partial charge in [0.1, 0.15) is 0 Å². The quantitative estimate of drug-likeness (QED) is 0.906. The van der Waals surface area contributed by atoms with Gasteiger partial charge in [0.25, 0.3) is 0 Å². The summed E-state index contributed by atoms with van der Waals surface area (Å²) in [5, 5.41) is 0. The number of nitrogens with two attached hydrogens (primary N) is 1. The maximum Gasteiger partial charge on any atom is 0.0329 e. The van der Waals surface area contributed by atoms with Crippen molar-refractivity contribution in [2.75, 3.05) is 13.1 Å². The first-order valence-corrected chi connectivity index (χ1v) is 6.90. The molecule has 0 amide bonds. The first-order valence-electron chi connectivity index (χ1n) is 5.29. The molecule has 0 saturated carbocycles. The lowest BCUT2D eigenvalue weighted by Crippen LogP contribution is -2.28. The van der Waals surface area contributed by atoms with Crippen molar-refractivity contribution < 1.29 is 0 Å². The number of hydrogen-bond donors (Lipinski definition) is 1. The molecule has 1 saturated heterocycles. The molecule has 1 fully saturated rings. The Morgan fingerprint density at radius 2 is 2.33 bits per heavy atom. The van der Waals surface area contributed by atoms with E-state index in [0.29, 0.717) is 12.0 Å². The van der Waals surface area contributed by atoms with Gasteiger partial charge in [0, 0.05) is 39.9 Å². The van der Waals surface area contributed by atoms with Crippen molar-refractivity contribution >= 4 is 27.3 Å². The zero-order chi connectivity index (χ0) is 11.0. The Morgan fingerprint density at radius 1 is 1.60 bits per heavy atom. The van der Waals surface area contributed by atoms with Crippen molar-refractivity contribution in [3.63, 3.8) is 0 Å². The van der Waals surface area contributed by atoms with E-state index in [2.05, 4.69) is 40.7 Å². The highest BCUT2D eigenvalue weighted by atomic mass is 79.9. The molecule has 2 unspecified atom stereocenters. The zero-order valence-corrected chi connectivity index (χ0v) is 11.6. The number of aryl methyl sites for hydroxylation is 1. The molecule has 1 aliphatic heterocycles. The van der Waals surface area contributed by atoms with Crippen LogP contribution in [0.15, 0.2) is 10.5 Å². The van der Waals surface area contributed by atoms with Gasteiger partial charge in [-0.05, 0) is 34.8 Å². The maximum absolute atomic E-state index is 6.01. The molecule has 1 aromatic rings. The van der Waals surface area contributed by atoms with E-state index in [0.717, 1.165) is 19.6 Å². The van der Waals surface area contributed by atoms with E-state index < -0.39 is 0 Å². The van der Waals surface area contributed by atoms with Crippen LogP contribution in [0, 0.1) is 12.8 Å². The van der Waals surface area contributed by atoms with Gasteiger partial charge < -0.3 is 5.73 Å². The van der Waals surface area contributed by atoms with Crippen LogP contribution in [-0.4, -0.2) is 24.0 Å². The standard InChI is InChI=1S/C11H17BrN2S/c1-7-4-14(6-11(7)13)5-9-3-10(12)8(2)15-9/h3,7,11H,4-6,13H2,1-2H3. The molecule has 2 nitrogen and oxygen atoms in total. The van der Waals surface area contributed by atoms with Crippen LogP contribution < -0.4 is 5.73 Å². The molecule has 0 bridgehead atoms. The highest BCUT2D eigenvalue weighted by molar-refractivity contribution is 9.10. The summed E-state index contributed by atoms with van der Waals surface area (Å²) in [5.74, 6) is 0.634. The van der Waals surface area contributed by atoms with Crippen molar-refractivity contribution in [2.24, 2.45) is 11.7 Å². The number of hydrogen-bond acceptors (Lipinski definition) is 3. The lowest BCUT2D eigenvalue weighted by Gasteiger charge is -2.13. The maximum atomic E-state index is 6.01. The van der Waals surface area contributed by atoms with Crippen LogP contribution in [-0.2, 0) is 6.54 Å². The summed E-state index contributed by atoms with van der Waals surface area (Å²) < 4.78 is 1.24. The van der Waals surface area contributed by atoms with Gasteiger partial charge >= 0.3 is 0 Å². The van der Waals surface area contributed by atoms with E-state index in [9.17, 15) is 0 Å². The molecule has 2 heterocycles. The van der Waals surface area contributed by atoms with Gasteiger partial charge in [-0.25, -0.2) is 0 Å². The minimum atomic E-state index is 0.356. The number of likely N-dealkylation sites (tertiary alicyclic amines) is 1. The Hall–Kier alpha value is 0.100. The van der Waals surface area contributed by atoms with Crippen LogP contribution in [0.2, 0.25) is 0 Å². The third-order valence-electron chi connectivity index (χ3n) is 3.03. The fourth-order valence-corrected chi connectivity index (χ4v) is 3.68. The van der Waals surface area contributed by atoms with Crippen LogP contribution in [0.3, 0.4) is 0 Å². The topological polar surface area (TPSA) is 29.3 Å². The molecule has 2 N–H and O–H groups in total.